The first-order valence-electron chi connectivity index (χ1n) is 6.96. The zero-order chi connectivity index (χ0) is 15.3. The van der Waals surface area contributed by atoms with E-state index in [9.17, 15) is 9.59 Å². The number of halogens is 1. The molecule has 0 aromatic carbocycles. The van der Waals surface area contributed by atoms with Crippen molar-refractivity contribution in [1.29, 1.82) is 0 Å². The van der Waals surface area contributed by atoms with Crippen molar-refractivity contribution in [2.75, 3.05) is 0 Å². The number of carboxylic acids is 1. The third-order valence-corrected chi connectivity index (χ3v) is 4.88. The number of hydrogen-bond acceptors (Lipinski definition) is 3. The first-order chi connectivity index (χ1) is 9.99. The van der Waals surface area contributed by atoms with Gasteiger partial charge in [-0.3, -0.25) is 9.59 Å². The van der Waals surface area contributed by atoms with Gasteiger partial charge in [-0.2, -0.15) is 0 Å². The SMILES string of the molecule is O=C(O)CC1(NC(=O)C=Cc2ccc(Cl)s2)CCCCC1. The van der Waals surface area contributed by atoms with Gasteiger partial charge in [0.1, 0.15) is 0 Å². The van der Waals surface area contributed by atoms with Gasteiger partial charge in [0.05, 0.1) is 16.3 Å². The molecule has 1 amide bonds. The van der Waals surface area contributed by atoms with Gasteiger partial charge < -0.3 is 10.4 Å². The molecule has 0 unspecified atom stereocenters. The number of aliphatic carboxylic acids is 1. The molecule has 1 heterocycles. The molecule has 1 aromatic heterocycles. The van der Waals surface area contributed by atoms with Crippen LogP contribution in [0.25, 0.3) is 6.08 Å². The molecular weight excluding hydrogens is 310 g/mol. The van der Waals surface area contributed by atoms with Crippen molar-refractivity contribution < 1.29 is 14.7 Å². The van der Waals surface area contributed by atoms with Crippen LogP contribution in [0.3, 0.4) is 0 Å². The van der Waals surface area contributed by atoms with Crippen molar-refractivity contribution >= 4 is 40.9 Å². The molecule has 1 aromatic rings. The molecule has 0 spiro atoms. The lowest BCUT2D eigenvalue weighted by atomic mass is 9.79. The molecule has 1 aliphatic carbocycles. The molecule has 2 rings (SSSR count). The summed E-state index contributed by atoms with van der Waals surface area (Å²) in [6.45, 7) is 0. The minimum atomic E-state index is -0.869. The molecule has 6 heteroatoms. The highest BCUT2D eigenvalue weighted by molar-refractivity contribution is 7.17. The van der Waals surface area contributed by atoms with Crippen LogP contribution in [-0.2, 0) is 9.59 Å². The van der Waals surface area contributed by atoms with Crippen LogP contribution in [0.4, 0.5) is 0 Å². The van der Waals surface area contributed by atoms with Gasteiger partial charge in [0.15, 0.2) is 0 Å². The van der Waals surface area contributed by atoms with Crippen LogP contribution in [0.15, 0.2) is 18.2 Å². The molecule has 1 aliphatic rings. The van der Waals surface area contributed by atoms with Crippen molar-refractivity contribution in [3.8, 4) is 0 Å². The summed E-state index contributed by atoms with van der Waals surface area (Å²) in [7, 11) is 0. The number of carboxylic acid groups (broad SMARTS) is 1. The average molecular weight is 328 g/mol. The van der Waals surface area contributed by atoms with E-state index in [1.807, 2.05) is 6.07 Å². The Labute approximate surface area is 132 Å². The highest BCUT2D eigenvalue weighted by atomic mass is 35.5. The average Bonchev–Trinajstić information content (AvgIpc) is 2.82. The quantitative estimate of drug-likeness (QED) is 0.810. The van der Waals surface area contributed by atoms with E-state index in [-0.39, 0.29) is 12.3 Å². The molecule has 21 heavy (non-hydrogen) atoms. The number of nitrogens with one attached hydrogen (secondary N) is 1. The molecule has 0 aliphatic heterocycles. The molecular formula is C15H18ClNO3S. The van der Waals surface area contributed by atoms with Gasteiger partial charge in [-0.25, -0.2) is 0 Å². The fourth-order valence-corrected chi connectivity index (χ4v) is 3.71. The Morgan fingerprint density at radius 1 is 1.33 bits per heavy atom. The lowest BCUT2D eigenvalue weighted by molar-refractivity contribution is -0.139. The van der Waals surface area contributed by atoms with Gasteiger partial charge >= 0.3 is 5.97 Å². The van der Waals surface area contributed by atoms with Crippen LogP contribution in [0.2, 0.25) is 4.34 Å². The smallest absolute Gasteiger partial charge is 0.305 e. The van der Waals surface area contributed by atoms with Gasteiger partial charge in [-0.05, 0) is 31.1 Å². The third kappa shape index (κ3) is 4.86. The fourth-order valence-electron chi connectivity index (χ4n) is 2.74. The lowest BCUT2D eigenvalue weighted by Crippen LogP contribution is -2.50. The van der Waals surface area contributed by atoms with E-state index in [1.165, 1.54) is 17.4 Å². The summed E-state index contributed by atoms with van der Waals surface area (Å²) in [5.41, 5.74) is -0.599. The van der Waals surface area contributed by atoms with Crippen molar-refractivity contribution in [3.05, 3.63) is 27.4 Å². The minimum absolute atomic E-state index is 0.0165. The Bertz CT molecular complexity index is 547. The summed E-state index contributed by atoms with van der Waals surface area (Å²) in [5.74, 6) is -1.12. The van der Waals surface area contributed by atoms with E-state index in [2.05, 4.69) is 5.32 Å². The van der Waals surface area contributed by atoms with Crippen molar-refractivity contribution in [3.63, 3.8) is 0 Å². The second-order valence-corrected chi connectivity index (χ2v) is 7.12. The normalized spacial score (nSPS) is 17.8. The van der Waals surface area contributed by atoms with E-state index in [0.717, 1.165) is 37.0 Å². The first-order valence-corrected chi connectivity index (χ1v) is 8.16. The van der Waals surface area contributed by atoms with Gasteiger partial charge in [0, 0.05) is 11.0 Å². The van der Waals surface area contributed by atoms with E-state index in [1.54, 1.807) is 12.1 Å². The highest BCUT2D eigenvalue weighted by Gasteiger charge is 2.35. The Hall–Kier alpha value is -1.33. The summed E-state index contributed by atoms with van der Waals surface area (Å²) < 4.78 is 0.671. The fraction of sp³-hybridized carbons (Fsp3) is 0.467. The standard InChI is InChI=1S/C15H18ClNO3S/c16-12-6-4-11(21-12)5-7-13(18)17-15(10-14(19)20)8-2-1-3-9-15/h4-7H,1-3,8-10H2,(H,17,18)(H,19,20). The van der Waals surface area contributed by atoms with Gasteiger partial charge in [0.2, 0.25) is 5.91 Å². The summed E-state index contributed by atoms with van der Waals surface area (Å²) in [5, 5.41) is 12.0. The zero-order valence-corrected chi connectivity index (χ0v) is 13.2. The maximum atomic E-state index is 12.1. The molecule has 4 nitrogen and oxygen atoms in total. The molecule has 0 radical (unpaired) electrons. The summed E-state index contributed by atoms with van der Waals surface area (Å²) >= 11 is 7.22. The topological polar surface area (TPSA) is 66.4 Å². The number of hydrogen-bond donors (Lipinski definition) is 2. The van der Waals surface area contributed by atoms with Crippen molar-refractivity contribution in [1.82, 2.24) is 5.32 Å². The first kappa shape index (κ1) is 16.0. The molecule has 1 fully saturated rings. The second kappa shape index (κ2) is 7.09. The summed E-state index contributed by atoms with van der Waals surface area (Å²) in [4.78, 5) is 24.0. The van der Waals surface area contributed by atoms with Crippen molar-refractivity contribution in [2.24, 2.45) is 0 Å². The van der Waals surface area contributed by atoms with E-state index in [4.69, 9.17) is 16.7 Å². The number of thiophene rings is 1. The van der Waals surface area contributed by atoms with Crippen LogP contribution in [0.5, 0.6) is 0 Å². The van der Waals surface area contributed by atoms with E-state index >= 15 is 0 Å². The minimum Gasteiger partial charge on any atom is -0.481 e. The molecule has 0 saturated heterocycles. The lowest BCUT2D eigenvalue weighted by Gasteiger charge is -2.36. The molecule has 0 bridgehead atoms. The Balaban J connectivity index is 2.00. The largest absolute Gasteiger partial charge is 0.481 e. The van der Waals surface area contributed by atoms with Gasteiger partial charge in [0.25, 0.3) is 0 Å². The Kier molecular flexibility index (Phi) is 5.42. The van der Waals surface area contributed by atoms with Crippen molar-refractivity contribution in [2.45, 2.75) is 44.1 Å². The Morgan fingerprint density at radius 2 is 2.05 bits per heavy atom. The summed E-state index contributed by atoms with van der Waals surface area (Å²) in [6, 6.07) is 3.61. The van der Waals surface area contributed by atoms with Gasteiger partial charge in [-0.1, -0.05) is 30.9 Å². The van der Waals surface area contributed by atoms with E-state index in [0.29, 0.717) is 4.34 Å². The Morgan fingerprint density at radius 3 is 2.62 bits per heavy atom. The predicted molar refractivity (Wildman–Crippen MR) is 84.6 cm³/mol. The van der Waals surface area contributed by atoms with Crippen LogP contribution >= 0.6 is 22.9 Å². The van der Waals surface area contributed by atoms with Gasteiger partial charge in [-0.15, -0.1) is 11.3 Å². The molecule has 114 valence electrons. The van der Waals surface area contributed by atoms with Crippen LogP contribution in [0.1, 0.15) is 43.4 Å². The van der Waals surface area contributed by atoms with Crippen LogP contribution in [0, 0.1) is 0 Å². The second-order valence-electron chi connectivity index (χ2n) is 5.38. The molecule has 0 atom stereocenters. The van der Waals surface area contributed by atoms with Crippen LogP contribution in [-0.4, -0.2) is 22.5 Å². The maximum absolute atomic E-state index is 12.1. The highest BCUT2D eigenvalue weighted by Crippen LogP contribution is 2.31. The molecule has 2 N–H and O–H groups in total. The number of rotatable bonds is 5. The zero-order valence-electron chi connectivity index (χ0n) is 11.6. The number of amides is 1. The maximum Gasteiger partial charge on any atom is 0.305 e. The van der Waals surface area contributed by atoms with Crippen LogP contribution < -0.4 is 5.32 Å². The summed E-state index contributed by atoms with van der Waals surface area (Å²) in [6.07, 6.45) is 7.59. The monoisotopic (exact) mass is 327 g/mol. The van der Waals surface area contributed by atoms with E-state index < -0.39 is 11.5 Å². The molecule has 1 saturated carbocycles. The third-order valence-electron chi connectivity index (χ3n) is 3.68. The number of carbonyl (C=O) groups excluding carboxylic acids is 1. The predicted octanol–water partition coefficient (Wildman–Crippen LogP) is 3.71. The number of carbonyl (C=O) groups is 2.